The minimum absolute atomic E-state index is 0.0137. The van der Waals surface area contributed by atoms with Gasteiger partial charge in [-0.3, -0.25) is 10.1 Å². The number of nitriles is 1. The van der Waals surface area contributed by atoms with E-state index in [0.29, 0.717) is 11.8 Å². The van der Waals surface area contributed by atoms with E-state index in [-0.39, 0.29) is 34.0 Å². The second-order valence-electron chi connectivity index (χ2n) is 7.16. The van der Waals surface area contributed by atoms with E-state index >= 15 is 0 Å². The van der Waals surface area contributed by atoms with Crippen LogP contribution in [0.1, 0.15) is 27.0 Å². The number of nitro groups is 1. The van der Waals surface area contributed by atoms with Gasteiger partial charge in [-0.1, -0.05) is 6.07 Å². The Morgan fingerprint density at radius 3 is 2.58 bits per heavy atom. The summed E-state index contributed by atoms with van der Waals surface area (Å²) in [7, 11) is 1.23. The zero-order valence-corrected chi connectivity index (χ0v) is 18.6. The predicted octanol–water partition coefficient (Wildman–Crippen LogP) is 5.72. The number of benzene rings is 2. The number of esters is 1. The Balaban J connectivity index is 2.03. The summed E-state index contributed by atoms with van der Waals surface area (Å²) < 4.78 is 44.9. The van der Waals surface area contributed by atoms with Crippen LogP contribution >= 0.6 is 0 Å². The summed E-state index contributed by atoms with van der Waals surface area (Å²) in [5.41, 5.74) is 3.73. The molecule has 2 aromatic carbocycles. The number of nitrogens with two attached hydrogens (primary N) is 1. The number of ether oxygens (including phenoxy) is 1. The molecular formula is C22H16F3N7O4. The van der Waals surface area contributed by atoms with Crippen molar-refractivity contribution in [3.8, 4) is 6.07 Å². The van der Waals surface area contributed by atoms with E-state index in [0.717, 1.165) is 12.1 Å². The number of carbonyl (C=O) groups is 1. The van der Waals surface area contributed by atoms with Crippen LogP contribution in [0.4, 0.5) is 47.6 Å². The molecule has 3 rings (SSSR count). The van der Waals surface area contributed by atoms with Crippen molar-refractivity contribution in [1.29, 1.82) is 5.26 Å². The average Bonchev–Trinajstić information content (AvgIpc) is 2.83. The maximum Gasteiger partial charge on any atom is 0.418 e. The number of aromatic nitrogens is 1. The lowest BCUT2D eigenvalue weighted by molar-refractivity contribution is -0.385. The van der Waals surface area contributed by atoms with E-state index in [2.05, 4.69) is 25.3 Å². The van der Waals surface area contributed by atoms with Crippen molar-refractivity contribution in [3.63, 3.8) is 0 Å². The molecular weight excluding hydrogens is 483 g/mol. The summed E-state index contributed by atoms with van der Waals surface area (Å²) in [6.45, 7) is 1.45. The third-order valence-electron chi connectivity index (χ3n) is 4.85. The molecule has 0 spiro atoms. The number of methoxy groups -OCH3 is 1. The van der Waals surface area contributed by atoms with Crippen molar-refractivity contribution in [3.05, 3.63) is 74.8 Å². The molecule has 0 atom stereocenters. The Morgan fingerprint density at radius 2 is 1.97 bits per heavy atom. The van der Waals surface area contributed by atoms with Gasteiger partial charge in [0.2, 0.25) is 0 Å². The minimum Gasteiger partial charge on any atom is -0.465 e. The number of halogens is 3. The van der Waals surface area contributed by atoms with E-state index in [1.54, 1.807) is 12.1 Å². The maximum atomic E-state index is 13.4. The first-order valence-corrected chi connectivity index (χ1v) is 9.89. The van der Waals surface area contributed by atoms with Gasteiger partial charge >= 0.3 is 12.1 Å². The van der Waals surface area contributed by atoms with Crippen LogP contribution in [0.5, 0.6) is 0 Å². The second kappa shape index (κ2) is 10.1. The summed E-state index contributed by atoms with van der Waals surface area (Å²) in [5, 5.41) is 30.7. The molecule has 0 fully saturated rings. The number of nitrogens with one attached hydrogen (secondary N) is 1. The highest BCUT2D eigenvalue weighted by Crippen LogP contribution is 2.40. The Bertz CT molecular complexity index is 1430. The molecule has 184 valence electrons. The monoisotopic (exact) mass is 499 g/mol. The number of alkyl halides is 3. The number of non-ortho nitro benzene ring substituents is 1. The number of carbonyl (C=O) groups excluding carboxylic acids is 1. The lowest BCUT2D eigenvalue weighted by Gasteiger charge is -2.13. The summed E-state index contributed by atoms with van der Waals surface area (Å²) in [6.07, 6.45) is -4.94. The summed E-state index contributed by atoms with van der Waals surface area (Å²) >= 11 is 0. The van der Waals surface area contributed by atoms with Gasteiger partial charge in [0.05, 0.1) is 34.4 Å². The standard InChI is InChI=1S/C22H16F3N7O4/c1-11-15(10-26)20(28-13-5-3-4-12(8-13)21(33)36-2)29-19(27)18(11)31-30-17-7-6-14(32(34)35)9-16(17)22(23,24)25/h3-9H,1-2H3,(H3,27,28,29)/b31-30+. The first kappa shape index (κ1) is 25.6. The largest absolute Gasteiger partial charge is 0.465 e. The summed E-state index contributed by atoms with van der Waals surface area (Å²) in [4.78, 5) is 25.7. The minimum atomic E-state index is -4.94. The van der Waals surface area contributed by atoms with Gasteiger partial charge in [0, 0.05) is 23.4 Å². The van der Waals surface area contributed by atoms with Crippen molar-refractivity contribution in [2.24, 2.45) is 10.2 Å². The molecule has 14 heteroatoms. The van der Waals surface area contributed by atoms with Crippen LogP contribution in [0.25, 0.3) is 0 Å². The lowest BCUT2D eigenvalue weighted by atomic mass is 10.1. The molecule has 0 unspecified atom stereocenters. The Kier molecular flexibility index (Phi) is 7.14. The normalized spacial score (nSPS) is 11.2. The molecule has 0 saturated heterocycles. The van der Waals surface area contributed by atoms with Crippen molar-refractivity contribution < 1.29 is 27.6 Å². The number of anilines is 3. The molecule has 0 saturated carbocycles. The highest BCUT2D eigenvalue weighted by molar-refractivity contribution is 5.90. The van der Waals surface area contributed by atoms with E-state index < -0.39 is 34.0 Å². The number of azo groups is 1. The van der Waals surface area contributed by atoms with Crippen LogP contribution in [-0.2, 0) is 10.9 Å². The molecule has 1 heterocycles. The number of nitro benzene ring substituents is 1. The van der Waals surface area contributed by atoms with Crippen molar-refractivity contribution >= 4 is 40.4 Å². The van der Waals surface area contributed by atoms with Gasteiger partial charge in [0.25, 0.3) is 5.69 Å². The Hall–Kier alpha value is -5.06. The van der Waals surface area contributed by atoms with Crippen LogP contribution in [0, 0.1) is 28.4 Å². The van der Waals surface area contributed by atoms with Crippen molar-refractivity contribution in [2.45, 2.75) is 13.1 Å². The molecule has 3 aromatic rings. The van der Waals surface area contributed by atoms with Gasteiger partial charge in [0.15, 0.2) is 11.6 Å². The number of nitrogens with zero attached hydrogens (tertiary/aromatic N) is 5. The highest BCUT2D eigenvalue weighted by atomic mass is 19.4. The molecule has 0 bridgehead atoms. The quantitative estimate of drug-likeness (QED) is 0.188. The van der Waals surface area contributed by atoms with Crippen molar-refractivity contribution in [2.75, 3.05) is 18.2 Å². The van der Waals surface area contributed by atoms with Gasteiger partial charge in [-0.05, 0) is 31.2 Å². The molecule has 11 nitrogen and oxygen atoms in total. The maximum absolute atomic E-state index is 13.4. The van der Waals surface area contributed by atoms with Crippen LogP contribution in [0.15, 0.2) is 52.7 Å². The van der Waals surface area contributed by atoms with Gasteiger partial charge in [-0.2, -0.15) is 18.4 Å². The summed E-state index contributed by atoms with van der Waals surface area (Å²) in [6, 6.07) is 10.1. The zero-order chi connectivity index (χ0) is 26.6. The van der Waals surface area contributed by atoms with Gasteiger partial charge in [0.1, 0.15) is 11.8 Å². The van der Waals surface area contributed by atoms with E-state index in [1.165, 1.54) is 26.2 Å². The molecule has 0 radical (unpaired) electrons. The Labute approximate surface area is 201 Å². The highest BCUT2D eigenvalue weighted by Gasteiger charge is 2.35. The lowest BCUT2D eigenvalue weighted by Crippen LogP contribution is -2.06. The Morgan fingerprint density at radius 1 is 1.25 bits per heavy atom. The zero-order valence-electron chi connectivity index (χ0n) is 18.6. The number of rotatable bonds is 6. The predicted molar refractivity (Wildman–Crippen MR) is 121 cm³/mol. The molecule has 36 heavy (non-hydrogen) atoms. The van der Waals surface area contributed by atoms with Crippen LogP contribution in [-0.4, -0.2) is 23.0 Å². The first-order valence-electron chi connectivity index (χ1n) is 9.89. The molecule has 1 aromatic heterocycles. The first-order chi connectivity index (χ1) is 17.0. The van der Waals surface area contributed by atoms with E-state index in [1.807, 2.05) is 6.07 Å². The fourth-order valence-corrected chi connectivity index (χ4v) is 3.11. The van der Waals surface area contributed by atoms with Gasteiger partial charge in [-0.25, -0.2) is 9.78 Å². The third kappa shape index (κ3) is 5.36. The molecule has 0 aliphatic rings. The molecule has 0 aliphatic heterocycles. The summed E-state index contributed by atoms with van der Waals surface area (Å²) in [5.74, 6) is -0.819. The third-order valence-corrected chi connectivity index (χ3v) is 4.85. The van der Waals surface area contributed by atoms with Gasteiger partial charge in [-0.15, -0.1) is 10.2 Å². The van der Waals surface area contributed by atoms with Gasteiger partial charge < -0.3 is 15.8 Å². The van der Waals surface area contributed by atoms with E-state index in [4.69, 9.17) is 5.73 Å². The SMILES string of the molecule is COC(=O)c1cccc(Nc2nc(N)c(/N=N/c3ccc([N+](=O)[O-])cc3C(F)(F)F)c(C)c2C#N)c1. The van der Waals surface area contributed by atoms with Crippen molar-refractivity contribution in [1.82, 2.24) is 4.98 Å². The molecule has 0 aliphatic carbocycles. The number of pyridine rings is 1. The smallest absolute Gasteiger partial charge is 0.418 e. The fourth-order valence-electron chi connectivity index (χ4n) is 3.11. The van der Waals surface area contributed by atoms with Crippen LogP contribution in [0.3, 0.4) is 0 Å². The second-order valence-corrected chi connectivity index (χ2v) is 7.16. The van der Waals surface area contributed by atoms with E-state index in [9.17, 15) is 33.3 Å². The molecule has 3 N–H and O–H groups in total. The average molecular weight is 499 g/mol. The van der Waals surface area contributed by atoms with Crippen LogP contribution in [0.2, 0.25) is 0 Å². The number of nitrogen functional groups attached to an aromatic ring is 1. The van der Waals surface area contributed by atoms with Crippen LogP contribution < -0.4 is 11.1 Å². The number of hydrogen-bond acceptors (Lipinski definition) is 10. The topological polar surface area (TPSA) is 169 Å². The molecule has 0 amide bonds. The number of hydrogen-bond donors (Lipinski definition) is 2. The fraction of sp³-hybridized carbons (Fsp3) is 0.136.